The molecule has 0 aliphatic carbocycles. The van der Waals surface area contributed by atoms with E-state index in [1.165, 1.54) is 6.20 Å². The van der Waals surface area contributed by atoms with Gasteiger partial charge in [-0.25, -0.2) is 9.18 Å². The van der Waals surface area contributed by atoms with Crippen molar-refractivity contribution in [2.75, 3.05) is 0 Å². The number of carboxylic acid groups (broad SMARTS) is 1. The summed E-state index contributed by atoms with van der Waals surface area (Å²) in [4.78, 5) is 23.9. The van der Waals surface area contributed by atoms with Crippen LogP contribution in [0.2, 0.25) is 5.02 Å². The van der Waals surface area contributed by atoms with E-state index < -0.39 is 22.8 Å². The van der Waals surface area contributed by atoms with E-state index >= 15 is 0 Å². The van der Waals surface area contributed by atoms with Crippen LogP contribution in [-0.4, -0.2) is 15.6 Å². The lowest BCUT2D eigenvalue weighted by Gasteiger charge is -2.16. The van der Waals surface area contributed by atoms with Gasteiger partial charge in [-0.05, 0) is 35.7 Å². The zero-order valence-electron chi connectivity index (χ0n) is 14.5. The zero-order chi connectivity index (χ0) is 19.3. The fraction of sp³-hybridized carbons (Fsp3) is 0.200. The number of aryl methyl sites for hydroxylation is 1. The molecule has 0 bridgehead atoms. The summed E-state index contributed by atoms with van der Waals surface area (Å²) in [5.41, 5.74) is 2.26. The van der Waals surface area contributed by atoms with E-state index in [1.807, 2.05) is 18.2 Å². The number of benzene rings is 2. The normalized spacial score (nSPS) is 13.1. The topological polar surface area (TPSA) is 71.3 Å². The molecule has 1 aliphatic heterocycles. The molecule has 0 atom stereocenters. The summed E-state index contributed by atoms with van der Waals surface area (Å²) in [7, 11) is 0. The van der Waals surface area contributed by atoms with Gasteiger partial charge in [0.1, 0.15) is 11.4 Å². The van der Waals surface area contributed by atoms with Crippen LogP contribution in [0.3, 0.4) is 0 Å². The molecular weight excluding hydrogens is 371 g/mol. The number of fused-ring (bicyclic) bond motifs is 2. The highest BCUT2D eigenvalue weighted by Crippen LogP contribution is 2.37. The van der Waals surface area contributed by atoms with Gasteiger partial charge in [-0.1, -0.05) is 23.7 Å². The van der Waals surface area contributed by atoms with Crippen molar-refractivity contribution in [1.82, 2.24) is 9.88 Å². The van der Waals surface area contributed by atoms with Crippen LogP contribution in [0.4, 0.5) is 4.39 Å². The molecule has 0 saturated carbocycles. The van der Waals surface area contributed by atoms with Gasteiger partial charge in [0, 0.05) is 31.4 Å². The van der Waals surface area contributed by atoms with Crippen LogP contribution in [0.25, 0.3) is 22.0 Å². The second kappa shape index (κ2) is 6.48. The standard InChI is InChI=1S/C20H16ClFN2O3/c1-2-24-9-14(20(26)27)19(25)13-6-15(22)16(17(21)18(13)24)10-3-4-11-7-23-8-12(11)5-10/h3-6,9,23H,2,7-8H2,1H3,(H,26,27). The molecule has 0 spiro atoms. The molecular formula is C20H16ClFN2O3. The Morgan fingerprint density at radius 3 is 2.74 bits per heavy atom. The Kier molecular flexibility index (Phi) is 4.25. The Morgan fingerprint density at radius 1 is 1.30 bits per heavy atom. The minimum atomic E-state index is -1.35. The van der Waals surface area contributed by atoms with Crippen LogP contribution in [0.5, 0.6) is 0 Å². The first kappa shape index (κ1) is 17.7. The number of hydrogen-bond acceptors (Lipinski definition) is 3. The van der Waals surface area contributed by atoms with Crippen molar-refractivity contribution in [2.45, 2.75) is 26.6 Å². The number of nitrogens with one attached hydrogen (secondary N) is 1. The summed E-state index contributed by atoms with van der Waals surface area (Å²) in [5, 5.41) is 12.6. The molecule has 2 N–H and O–H groups in total. The molecule has 2 aromatic carbocycles. The third-order valence-corrected chi connectivity index (χ3v) is 5.32. The Hall–Kier alpha value is -2.70. The fourth-order valence-electron chi connectivity index (χ4n) is 3.60. The molecule has 1 aliphatic rings. The lowest BCUT2D eigenvalue weighted by molar-refractivity contribution is 0.0695. The molecule has 3 aromatic rings. The van der Waals surface area contributed by atoms with Gasteiger partial charge in [-0.15, -0.1) is 0 Å². The smallest absolute Gasteiger partial charge is 0.341 e. The first-order valence-corrected chi connectivity index (χ1v) is 8.91. The molecule has 0 fully saturated rings. The first-order chi connectivity index (χ1) is 12.9. The summed E-state index contributed by atoms with van der Waals surface area (Å²) in [6, 6.07) is 6.72. The number of carboxylic acids is 1. The monoisotopic (exact) mass is 386 g/mol. The average Bonchev–Trinajstić information content (AvgIpc) is 3.10. The highest BCUT2D eigenvalue weighted by Gasteiger charge is 2.22. The second-order valence-electron chi connectivity index (χ2n) is 6.49. The largest absolute Gasteiger partial charge is 0.477 e. The molecule has 2 heterocycles. The Balaban J connectivity index is 2.05. The fourth-order valence-corrected chi connectivity index (χ4v) is 4.01. The van der Waals surface area contributed by atoms with Crippen molar-refractivity contribution in [3.63, 3.8) is 0 Å². The third kappa shape index (κ3) is 2.72. The predicted molar refractivity (Wildman–Crippen MR) is 102 cm³/mol. The van der Waals surface area contributed by atoms with Crippen LogP contribution in [-0.2, 0) is 19.6 Å². The molecule has 7 heteroatoms. The molecule has 0 saturated heterocycles. The highest BCUT2D eigenvalue weighted by atomic mass is 35.5. The van der Waals surface area contributed by atoms with E-state index in [1.54, 1.807) is 11.5 Å². The predicted octanol–water partition coefficient (Wildman–Crippen LogP) is 3.78. The number of aromatic nitrogens is 1. The SMILES string of the molecule is CCn1cc(C(=O)O)c(=O)c2cc(F)c(-c3ccc4c(c3)CNC4)c(Cl)c21. The summed E-state index contributed by atoms with van der Waals surface area (Å²) in [6.45, 7) is 3.67. The zero-order valence-corrected chi connectivity index (χ0v) is 15.2. The number of hydrogen-bond donors (Lipinski definition) is 2. The maximum atomic E-state index is 15.0. The van der Waals surface area contributed by atoms with Gasteiger partial charge in [0.25, 0.3) is 0 Å². The van der Waals surface area contributed by atoms with Crippen molar-refractivity contribution in [2.24, 2.45) is 0 Å². The average molecular weight is 387 g/mol. The van der Waals surface area contributed by atoms with Crippen LogP contribution in [0.15, 0.2) is 35.3 Å². The molecule has 5 nitrogen and oxygen atoms in total. The lowest BCUT2D eigenvalue weighted by atomic mass is 9.98. The summed E-state index contributed by atoms with van der Waals surface area (Å²) >= 11 is 6.56. The molecule has 27 heavy (non-hydrogen) atoms. The van der Waals surface area contributed by atoms with E-state index in [0.717, 1.165) is 23.7 Å². The van der Waals surface area contributed by atoms with Gasteiger partial charge in [0.05, 0.1) is 15.9 Å². The van der Waals surface area contributed by atoms with Crippen molar-refractivity contribution in [1.29, 1.82) is 0 Å². The van der Waals surface area contributed by atoms with Crippen LogP contribution < -0.4 is 10.7 Å². The Bertz CT molecular complexity index is 1170. The van der Waals surface area contributed by atoms with Crippen molar-refractivity contribution < 1.29 is 14.3 Å². The van der Waals surface area contributed by atoms with Gasteiger partial charge in [-0.2, -0.15) is 0 Å². The summed E-state index contributed by atoms with van der Waals surface area (Å²) in [5.74, 6) is -2.00. The molecule has 4 rings (SSSR count). The summed E-state index contributed by atoms with van der Waals surface area (Å²) < 4.78 is 16.5. The van der Waals surface area contributed by atoms with E-state index in [4.69, 9.17) is 11.6 Å². The molecule has 0 unspecified atom stereocenters. The number of nitrogens with zero attached hydrogens (tertiary/aromatic N) is 1. The number of aromatic carboxylic acids is 1. The molecule has 1 aromatic heterocycles. The van der Waals surface area contributed by atoms with Crippen LogP contribution in [0.1, 0.15) is 28.4 Å². The van der Waals surface area contributed by atoms with Crippen molar-refractivity contribution >= 4 is 28.5 Å². The van der Waals surface area contributed by atoms with Crippen LogP contribution >= 0.6 is 11.6 Å². The van der Waals surface area contributed by atoms with Crippen LogP contribution in [0, 0.1) is 5.82 Å². The van der Waals surface area contributed by atoms with E-state index in [2.05, 4.69) is 5.32 Å². The van der Waals surface area contributed by atoms with E-state index in [-0.39, 0.29) is 16.0 Å². The molecule has 138 valence electrons. The number of carbonyl (C=O) groups is 1. The molecule has 0 radical (unpaired) electrons. The highest BCUT2D eigenvalue weighted by molar-refractivity contribution is 6.38. The van der Waals surface area contributed by atoms with E-state index in [9.17, 15) is 19.1 Å². The minimum Gasteiger partial charge on any atom is -0.477 e. The third-order valence-electron chi connectivity index (χ3n) is 4.95. The van der Waals surface area contributed by atoms with Gasteiger partial charge in [0.2, 0.25) is 5.43 Å². The second-order valence-corrected chi connectivity index (χ2v) is 6.87. The van der Waals surface area contributed by atoms with Gasteiger partial charge in [0.15, 0.2) is 0 Å². The van der Waals surface area contributed by atoms with Gasteiger partial charge in [-0.3, -0.25) is 4.79 Å². The quantitative estimate of drug-likeness (QED) is 0.718. The Labute approximate surface area is 159 Å². The summed E-state index contributed by atoms with van der Waals surface area (Å²) in [6.07, 6.45) is 1.26. The minimum absolute atomic E-state index is 0.0363. The first-order valence-electron chi connectivity index (χ1n) is 8.53. The number of rotatable bonds is 3. The molecule has 0 amide bonds. The lowest BCUT2D eigenvalue weighted by Crippen LogP contribution is -2.19. The number of pyridine rings is 1. The van der Waals surface area contributed by atoms with Crippen molar-refractivity contribution in [3.8, 4) is 11.1 Å². The van der Waals surface area contributed by atoms with Crippen molar-refractivity contribution in [3.05, 3.63) is 68.2 Å². The Morgan fingerprint density at radius 2 is 2.04 bits per heavy atom. The maximum Gasteiger partial charge on any atom is 0.341 e. The van der Waals surface area contributed by atoms with E-state index in [0.29, 0.717) is 24.2 Å². The van der Waals surface area contributed by atoms with Gasteiger partial charge >= 0.3 is 5.97 Å². The number of halogens is 2. The van der Waals surface area contributed by atoms with Gasteiger partial charge < -0.3 is 15.0 Å². The maximum absolute atomic E-state index is 15.0.